The number of likely N-dealkylation sites (N-methyl/N-ethyl adjacent to an activating group) is 1. The van der Waals surface area contributed by atoms with Crippen molar-refractivity contribution in [3.8, 4) is 0 Å². The molecule has 0 aromatic carbocycles. The molecular weight excluding hydrogens is 307 g/mol. The summed E-state index contributed by atoms with van der Waals surface area (Å²) in [5.74, 6) is 1.03. The maximum Gasteiger partial charge on any atom is 0.248 e. The zero-order chi connectivity index (χ0) is 15.7. The summed E-state index contributed by atoms with van der Waals surface area (Å²) >= 11 is 1.88. The van der Waals surface area contributed by atoms with E-state index in [9.17, 15) is 9.18 Å². The van der Waals surface area contributed by atoms with E-state index < -0.39 is 5.82 Å². The Morgan fingerprint density at radius 2 is 2.18 bits per heavy atom. The predicted octanol–water partition coefficient (Wildman–Crippen LogP) is 0.785. The Morgan fingerprint density at radius 1 is 1.50 bits per heavy atom. The maximum atomic E-state index is 12.8. The highest BCUT2D eigenvalue weighted by Gasteiger charge is 2.50. The average molecular weight is 326 g/mol. The van der Waals surface area contributed by atoms with Crippen molar-refractivity contribution in [3.05, 3.63) is 18.2 Å². The van der Waals surface area contributed by atoms with Crippen LogP contribution in [-0.2, 0) is 9.53 Å². The van der Waals surface area contributed by atoms with E-state index in [0.717, 1.165) is 25.3 Å². The lowest BCUT2D eigenvalue weighted by Gasteiger charge is -2.47. The van der Waals surface area contributed by atoms with E-state index in [-0.39, 0.29) is 23.4 Å². The SMILES string of the molecule is CN(C)C(=O)COC1CSC2(C1)CN(c1ncc(F)cn1)C2. The molecule has 1 amide bonds. The number of aromatic nitrogens is 2. The highest BCUT2D eigenvalue weighted by Crippen LogP contribution is 2.46. The molecule has 0 N–H and O–H groups in total. The molecule has 2 aliphatic rings. The summed E-state index contributed by atoms with van der Waals surface area (Å²) in [6.45, 7) is 1.81. The lowest BCUT2D eigenvalue weighted by atomic mass is 9.93. The normalized spacial score (nSPS) is 22.7. The minimum absolute atomic E-state index is 0.0131. The standard InChI is InChI=1S/C14H19FN4O2S/c1-18(2)12(20)6-21-11-3-14(22-7-11)8-19(9-14)13-16-4-10(15)5-17-13/h4-5,11H,3,6-9H2,1-2H3. The number of halogens is 1. The largest absolute Gasteiger partial charge is 0.367 e. The molecule has 2 fully saturated rings. The summed E-state index contributed by atoms with van der Waals surface area (Å²) in [6.07, 6.45) is 3.42. The Labute approximate surface area is 133 Å². The van der Waals surface area contributed by atoms with Gasteiger partial charge in [0.05, 0.1) is 23.2 Å². The molecule has 0 saturated carbocycles. The Balaban J connectivity index is 1.48. The predicted molar refractivity (Wildman–Crippen MR) is 82.4 cm³/mol. The first kappa shape index (κ1) is 15.5. The van der Waals surface area contributed by atoms with Crippen LogP contribution in [0.15, 0.2) is 12.4 Å². The van der Waals surface area contributed by atoms with Crippen molar-refractivity contribution in [2.24, 2.45) is 0 Å². The van der Waals surface area contributed by atoms with Crippen molar-refractivity contribution in [2.45, 2.75) is 17.3 Å². The summed E-state index contributed by atoms with van der Waals surface area (Å²) in [6, 6.07) is 0. The molecule has 1 atom stereocenters. The Kier molecular flexibility index (Phi) is 4.22. The fraction of sp³-hybridized carbons (Fsp3) is 0.643. The number of hydrogen-bond donors (Lipinski definition) is 0. The number of nitrogens with zero attached hydrogens (tertiary/aromatic N) is 4. The second kappa shape index (κ2) is 6.00. The number of anilines is 1. The highest BCUT2D eigenvalue weighted by atomic mass is 32.2. The van der Waals surface area contributed by atoms with Crippen LogP contribution in [-0.4, -0.2) is 71.2 Å². The molecule has 2 aliphatic heterocycles. The minimum atomic E-state index is -0.423. The molecule has 120 valence electrons. The smallest absolute Gasteiger partial charge is 0.248 e. The Morgan fingerprint density at radius 3 is 2.82 bits per heavy atom. The molecule has 0 bridgehead atoms. The third-order valence-electron chi connectivity index (χ3n) is 3.96. The number of carbonyl (C=O) groups is 1. The van der Waals surface area contributed by atoms with Gasteiger partial charge < -0.3 is 14.5 Å². The molecule has 1 aromatic rings. The van der Waals surface area contributed by atoms with E-state index in [1.807, 2.05) is 16.7 Å². The van der Waals surface area contributed by atoms with Crippen molar-refractivity contribution in [1.29, 1.82) is 0 Å². The van der Waals surface area contributed by atoms with Crippen molar-refractivity contribution in [3.63, 3.8) is 0 Å². The summed E-state index contributed by atoms with van der Waals surface area (Å²) in [5, 5.41) is 0. The molecule has 0 radical (unpaired) electrons. The van der Waals surface area contributed by atoms with E-state index in [2.05, 4.69) is 9.97 Å². The number of hydrogen-bond acceptors (Lipinski definition) is 6. The second-order valence-corrected chi connectivity index (χ2v) is 7.46. The molecule has 1 unspecified atom stereocenters. The van der Waals surface area contributed by atoms with Gasteiger partial charge in [0.25, 0.3) is 0 Å². The van der Waals surface area contributed by atoms with E-state index in [0.29, 0.717) is 5.95 Å². The van der Waals surface area contributed by atoms with Crippen molar-refractivity contribution < 1.29 is 13.9 Å². The minimum Gasteiger partial charge on any atom is -0.367 e. The van der Waals surface area contributed by atoms with Crippen LogP contribution in [0.3, 0.4) is 0 Å². The molecule has 1 aromatic heterocycles. The van der Waals surface area contributed by atoms with Crippen molar-refractivity contribution in [1.82, 2.24) is 14.9 Å². The van der Waals surface area contributed by atoms with E-state index in [1.54, 1.807) is 14.1 Å². The Bertz CT molecular complexity index is 548. The monoisotopic (exact) mass is 326 g/mol. The van der Waals surface area contributed by atoms with Gasteiger partial charge in [0.2, 0.25) is 11.9 Å². The topological polar surface area (TPSA) is 58.6 Å². The quantitative estimate of drug-likeness (QED) is 0.815. The van der Waals surface area contributed by atoms with Crippen LogP contribution in [0.25, 0.3) is 0 Å². The summed E-state index contributed by atoms with van der Waals surface area (Å²) < 4.78 is 18.7. The summed E-state index contributed by atoms with van der Waals surface area (Å²) in [5.41, 5.74) is 0. The highest BCUT2D eigenvalue weighted by molar-refractivity contribution is 8.01. The van der Waals surface area contributed by atoms with Gasteiger partial charge in [-0.1, -0.05) is 0 Å². The van der Waals surface area contributed by atoms with Gasteiger partial charge in [-0.2, -0.15) is 0 Å². The zero-order valence-corrected chi connectivity index (χ0v) is 13.5. The third-order valence-corrected chi connectivity index (χ3v) is 5.54. The third kappa shape index (κ3) is 3.17. The van der Waals surface area contributed by atoms with Gasteiger partial charge in [0.15, 0.2) is 5.82 Å². The number of ether oxygens (including phenoxy) is 1. The number of thioether (sulfide) groups is 1. The van der Waals surface area contributed by atoms with E-state index in [1.165, 1.54) is 17.3 Å². The molecule has 3 heterocycles. The Hall–Kier alpha value is -1.41. The van der Waals surface area contributed by atoms with Crippen LogP contribution in [0.2, 0.25) is 0 Å². The molecule has 6 nitrogen and oxygen atoms in total. The van der Waals surface area contributed by atoms with E-state index >= 15 is 0 Å². The summed E-state index contributed by atoms with van der Waals surface area (Å²) in [7, 11) is 3.45. The molecule has 2 saturated heterocycles. The first-order valence-electron chi connectivity index (χ1n) is 7.16. The molecule has 22 heavy (non-hydrogen) atoms. The second-order valence-electron chi connectivity index (χ2n) is 5.98. The fourth-order valence-corrected chi connectivity index (χ4v) is 4.26. The van der Waals surface area contributed by atoms with E-state index in [4.69, 9.17) is 4.74 Å². The van der Waals surface area contributed by atoms with Crippen molar-refractivity contribution in [2.75, 3.05) is 44.4 Å². The van der Waals surface area contributed by atoms with Gasteiger partial charge in [-0.15, -0.1) is 11.8 Å². The zero-order valence-electron chi connectivity index (χ0n) is 12.7. The average Bonchev–Trinajstić information content (AvgIpc) is 2.88. The number of carbonyl (C=O) groups excluding carboxylic acids is 1. The first-order chi connectivity index (χ1) is 10.5. The first-order valence-corrected chi connectivity index (χ1v) is 8.14. The van der Waals surface area contributed by atoms with Crippen LogP contribution < -0.4 is 4.90 Å². The summed E-state index contributed by atoms with van der Waals surface area (Å²) in [4.78, 5) is 23.1. The molecular formula is C14H19FN4O2S. The van der Waals surface area contributed by atoms with Gasteiger partial charge >= 0.3 is 0 Å². The van der Waals surface area contributed by atoms with Gasteiger partial charge in [-0.25, -0.2) is 14.4 Å². The number of amides is 1. The van der Waals surface area contributed by atoms with Crippen LogP contribution in [0, 0.1) is 5.82 Å². The molecule has 1 spiro atoms. The van der Waals surface area contributed by atoms with Gasteiger partial charge in [0, 0.05) is 32.9 Å². The van der Waals surface area contributed by atoms with Crippen LogP contribution >= 0.6 is 11.8 Å². The van der Waals surface area contributed by atoms with Gasteiger partial charge in [-0.3, -0.25) is 4.79 Å². The lowest BCUT2D eigenvalue weighted by Crippen LogP contribution is -2.59. The molecule has 8 heteroatoms. The van der Waals surface area contributed by atoms with Crippen LogP contribution in [0.1, 0.15) is 6.42 Å². The fourth-order valence-electron chi connectivity index (χ4n) is 2.71. The van der Waals surface area contributed by atoms with Gasteiger partial charge in [0.1, 0.15) is 6.61 Å². The lowest BCUT2D eigenvalue weighted by molar-refractivity contribution is -0.135. The molecule has 0 aliphatic carbocycles. The van der Waals surface area contributed by atoms with Crippen LogP contribution in [0.5, 0.6) is 0 Å². The molecule has 3 rings (SSSR count). The van der Waals surface area contributed by atoms with Gasteiger partial charge in [-0.05, 0) is 6.42 Å². The van der Waals surface area contributed by atoms with Crippen LogP contribution in [0.4, 0.5) is 10.3 Å². The maximum absolute atomic E-state index is 12.8. The number of rotatable bonds is 4. The van der Waals surface area contributed by atoms with Crippen molar-refractivity contribution >= 4 is 23.6 Å².